The van der Waals surface area contributed by atoms with Crippen LogP contribution >= 0.6 is 23.1 Å². The number of thiophene rings is 1. The van der Waals surface area contributed by atoms with Gasteiger partial charge in [-0.25, -0.2) is 4.98 Å². The van der Waals surface area contributed by atoms with Crippen LogP contribution in [0, 0.1) is 0 Å². The van der Waals surface area contributed by atoms with Gasteiger partial charge in [0.2, 0.25) is 0 Å². The normalized spacial score (nSPS) is 13.9. The van der Waals surface area contributed by atoms with Crippen LogP contribution in [0.1, 0.15) is 34.9 Å². The summed E-state index contributed by atoms with van der Waals surface area (Å²) in [6.45, 7) is 0. The van der Waals surface area contributed by atoms with E-state index in [0.29, 0.717) is 28.1 Å². The van der Waals surface area contributed by atoms with Crippen molar-refractivity contribution in [3.8, 4) is 10.8 Å². The Morgan fingerprint density at radius 3 is 3.08 bits per heavy atom. The van der Waals surface area contributed by atoms with Crippen molar-refractivity contribution in [2.24, 2.45) is 0 Å². The fourth-order valence-corrected chi connectivity index (χ4v) is 3.64. The first-order chi connectivity index (χ1) is 11.8. The summed E-state index contributed by atoms with van der Waals surface area (Å²) >= 11 is 2.90. The van der Waals surface area contributed by atoms with E-state index in [9.17, 15) is 4.79 Å². The van der Waals surface area contributed by atoms with Gasteiger partial charge >= 0.3 is 0 Å². The molecule has 1 fully saturated rings. The lowest BCUT2D eigenvalue weighted by molar-refractivity contribution is 0.102. The zero-order chi connectivity index (χ0) is 16.5. The first-order valence-electron chi connectivity index (χ1n) is 7.48. The summed E-state index contributed by atoms with van der Waals surface area (Å²) < 4.78 is 5.36. The highest BCUT2D eigenvalue weighted by Crippen LogP contribution is 2.40. The monoisotopic (exact) mass is 358 g/mol. The molecule has 0 bridgehead atoms. The predicted octanol–water partition coefficient (Wildman–Crippen LogP) is 4.04. The number of anilines is 1. The zero-order valence-electron chi connectivity index (χ0n) is 12.9. The maximum Gasteiger partial charge on any atom is 0.270 e. The van der Waals surface area contributed by atoms with Crippen LogP contribution in [0.3, 0.4) is 0 Å². The minimum atomic E-state index is -0.200. The molecule has 0 unspecified atom stereocenters. The molecule has 3 aromatic rings. The van der Waals surface area contributed by atoms with Crippen LogP contribution in [-0.4, -0.2) is 27.3 Å². The molecule has 1 amide bonds. The van der Waals surface area contributed by atoms with Gasteiger partial charge in [0.15, 0.2) is 5.82 Å². The van der Waals surface area contributed by atoms with Crippen LogP contribution < -0.4 is 5.32 Å². The van der Waals surface area contributed by atoms with Crippen LogP contribution in [0.5, 0.6) is 0 Å². The Kier molecular flexibility index (Phi) is 4.07. The maximum absolute atomic E-state index is 12.6. The van der Waals surface area contributed by atoms with Gasteiger partial charge in [-0.15, -0.1) is 23.1 Å². The lowest BCUT2D eigenvalue weighted by atomic mass is 10.2. The van der Waals surface area contributed by atoms with Crippen molar-refractivity contribution in [2.75, 3.05) is 11.6 Å². The Balaban J connectivity index is 1.59. The Morgan fingerprint density at radius 2 is 2.29 bits per heavy atom. The average molecular weight is 358 g/mol. The lowest BCUT2D eigenvalue weighted by Gasteiger charge is -2.07. The number of aromatic nitrogens is 3. The number of thioether (sulfide) groups is 1. The van der Waals surface area contributed by atoms with Gasteiger partial charge in [0, 0.05) is 12.1 Å². The van der Waals surface area contributed by atoms with Gasteiger partial charge in [-0.1, -0.05) is 5.16 Å². The minimum absolute atomic E-state index is 0.200. The van der Waals surface area contributed by atoms with Crippen molar-refractivity contribution < 1.29 is 9.32 Å². The van der Waals surface area contributed by atoms with Crippen LogP contribution in [0.2, 0.25) is 0 Å². The molecular weight excluding hydrogens is 344 g/mol. The molecule has 0 aliphatic heterocycles. The number of nitrogens with one attached hydrogen (secondary N) is 1. The number of amides is 1. The standard InChI is InChI=1S/C16H14N4O2S2/c1-23-16-10(3-2-7-17-16)14(21)18-11-6-8-24-12(11)15-19-13(20-22-15)9-4-5-9/h2-3,6-9H,4-5H2,1H3,(H,18,21). The van der Waals surface area contributed by atoms with Crippen molar-refractivity contribution >= 4 is 34.7 Å². The summed E-state index contributed by atoms with van der Waals surface area (Å²) in [7, 11) is 0. The van der Waals surface area contributed by atoms with Crippen molar-refractivity contribution in [2.45, 2.75) is 23.8 Å². The van der Waals surface area contributed by atoms with E-state index in [0.717, 1.165) is 23.5 Å². The first-order valence-corrected chi connectivity index (χ1v) is 9.58. The van der Waals surface area contributed by atoms with Gasteiger partial charge < -0.3 is 9.84 Å². The largest absolute Gasteiger partial charge is 0.333 e. The number of carbonyl (C=O) groups excluding carboxylic acids is 1. The van der Waals surface area contributed by atoms with Crippen LogP contribution in [-0.2, 0) is 0 Å². The third-order valence-corrected chi connectivity index (χ3v) is 5.32. The molecule has 4 rings (SSSR count). The topological polar surface area (TPSA) is 80.9 Å². The molecule has 0 aromatic carbocycles. The molecule has 24 heavy (non-hydrogen) atoms. The molecule has 1 N–H and O–H groups in total. The molecule has 1 aliphatic rings. The van der Waals surface area contributed by atoms with Gasteiger partial charge in [-0.2, -0.15) is 4.98 Å². The summed E-state index contributed by atoms with van der Waals surface area (Å²) in [4.78, 5) is 22.0. The molecule has 1 saturated carbocycles. The van der Waals surface area contributed by atoms with Crippen molar-refractivity contribution in [3.05, 3.63) is 41.2 Å². The number of hydrogen-bond donors (Lipinski definition) is 1. The second kappa shape index (κ2) is 6.37. The highest BCUT2D eigenvalue weighted by Gasteiger charge is 2.29. The fraction of sp³-hybridized carbons (Fsp3) is 0.250. The fourth-order valence-electron chi connectivity index (χ4n) is 2.32. The molecule has 0 radical (unpaired) electrons. The Bertz CT molecular complexity index is 886. The molecule has 0 atom stereocenters. The Morgan fingerprint density at radius 1 is 1.42 bits per heavy atom. The van der Waals surface area contributed by atoms with Gasteiger partial charge in [-0.3, -0.25) is 4.79 Å². The highest BCUT2D eigenvalue weighted by atomic mass is 32.2. The number of nitrogens with zero attached hydrogens (tertiary/aromatic N) is 3. The molecular formula is C16H14N4O2S2. The quantitative estimate of drug-likeness (QED) is 0.693. The zero-order valence-corrected chi connectivity index (χ0v) is 14.5. The highest BCUT2D eigenvalue weighted by molar-refractivity contribution is 7.98. The first kappa shape index (κ1) is 15.3. The van der Waals surface area contributed by atoms with Crippen LogP contribution in [0.4, 0.5) is 5.69 Å². The number of hydrogen-bond acceptors (Lipinski definition) is 7. The molecule has 3 aromatic heterocycles. The van der Waals surface area contributed by atoms with E-state index in [-0.39, 0.29) is 5.91 Å². The Hall–Kier alpha value is -2.19. The second-order valence-electron chi connectivity index (χ2n) is 5.41. The van der Waals surface area contributed by atoms with E-state index >= 15 is 0 Å². The van der Waals surface area contributed by atoms with E-state index in [2.05, 4.69) is 20.4 Å². The molecule has 1 aliphatic carbocycles. The van der Waals surface area contributed by atoms with Crippen molar-refractivity contribution in [3.63, 3.8) is 0 Å². The number of rotatable bonds is 5. The van der Waals surface area contributed by atoms with E-state index < -0.39 is 0 Å². The SMILES string of the molecule is CSc1ncccc1C(=O)Nc1ccsc1-c1nc(C2CC2)no1. The number of pyridine rings is 1. The molecule has 8 heteroatoms. The summed E-state index contributed by atoms with van der Waals surface area (Å²) in [5.41, 5.74) is 1.22. The van der Waals surface area contributed by atoms with Crippen LogP contribution in [0.15, 0.2) is 39.3 Å². The molecule has 6 nitrogen and oxygen atoms in total. The maximum atomic E-state index is 12.6. The average Bonchev–Trinajstić information content (AvgIpc) is 3.16. The van der Waals surface area contributed by atoms with E-state index in [1.54, 1.807) is 18.3 Å². The van der Waals surface area contributed by atoms with Crippen LogP contribution in [0.25, 0.3) is 10.8 Å². The smallest absolute Gasteiger partial charge is 0.270 e. The summed E-state index contributed by atoms with van der Waals surface area (Å²) in [6.07, 6.45) is 5.81. The minimum Gasteiger partial charge on any atom is -0.333 e. The molecule has 0 spiro atoms. The lowest BCUT2D eigenvalue weighted by Crippen LogP contribution is -2.13. The van der Waals surface area contributed by atoms with Gasteiger partial charge in [-0.05, 0) is 42.7 Å². The van der Waals surface area contributed by atoms with Crippen molar-refractivity contribution in [1.29, 1.82) is 0 Å². The molecule has 3 heterocycles. The van der Waals surface area contributed by atoms with Gasteiger partial charge in [0.25, 0.3) is 11.8 Å². The summed E-state index contributed by atoms with van der Waals surface area (Å²) in [5.74, 6) is 1.44. The van der Waals surface area contributed by atoms with Crippen molar-refractivity contribution in [1.82, 2.24) is 15.1 Å². The third-order valence-electron chi connectivity index (χ3n) is 3.70. The summed E-state index contributed by atoms with van der Waals surface area (Å²) in [6, 6.07) is 5.36. The van der Waals surface area contributed by atoms with E-state index in [4.69, 9.17) is 4.52 Å². The predicted molar refractivity (Wildman–Crippen MR) is 93.6 cm³/mol. The molecule has 0 saturated heterocycles. The second-order valence-corrected chi connectivity index (χ2v) is 7.12. The van der Waals surface area contributed by atoms with E-state index in [1.165, 1.54) is 23.1 Å². The van der Waals surface area contributed by atoms with Gasteiger partial charge in [0.1, 0.15) is 9.90 Å². The summed E-state index contributed by atoms with van der Waals surface area (Å²) in [5, 5.41) is 9.55. The number of carbonyl (C=O) groups is 1. The van der Waals surface area contributed by atoms with Gasteiger partial charge in [0.05, 0.1) is 11.3 Å². The van der Waals surface area contributed by atoms with E-state index in [1.807, 2.05) is 17.7 Å². The molecule has 122 valence electrons. The third kappa shape index (κ3) is 2.94. The Labute approximate surface area is 146 Å².